The molecule has 0 unspecified atom stereocenters. The third-order valence-electron chi connectivity index (χ3n) is 6.39. The van der Waals surface area contributed by atoms with Crippen molar-refractivity contribution in [1.82, 2.24) is 9.80 Å². The van der Waals surface area contributed by atoms with Crippen molar-refractivity contribution in [2.45, 2.75) is 51.2 Å². The minimum Gasteiger partial charge on any atom is -0.455 e. The molecule has 0 radical (unpaired) electrons. The normalized spacial score (nSPS) is 19.6. The highest BCUT2D eigenvalue weighted by atomic mass is 16.4. The Morgan fingerprint density at radius 3 is 2.48 bits per heavy atom. The molecular formula is C24H32N2O3. The molecule has 2 saturated heterocycles. The second kappa shape index (κ2) is 9.59. The molecule has 156 valence electrons. The lowest BCUT2D eigenvalue weighted by Gasteiger charge is -2.34. The minimum absolute atomic E-state index is 0.0186. The van der Waals surface area contributed by atoms with Gasteiger partial charge in [0, 0.05) is 13.1 Å². The van der Waals surface area contributed by atoms with E-state index in [4.69, 9.17) is 4.42 Å². The first kappa shape index (κ1) is 20.2. The Bertz CT molecular complexity index is 774. The van der Waals surface area contributed by atoms with E-state index in [1.54, 1.807) is 0 Å². The lowest BCUT2D eigenvalue weighted by Crippen LogP contribution is -2.41. The van der Waals surface area contributed by atoms with E-state index in [2.05, 4.69) is 17.0 Å². The van der Waals surface area contributed by atoms with Gasteiger partial charge < -0.3 is 14.4 Å². The van der Waals surface area contributed by atoms with Gasteiger partial charge in [0.15, 0.2) is 5.76 Å². The zero-order valence-corrected chi connectivity index (χ0v) is 17.1. The summed E-state index contributed by atoms with van der Waals surface area (Å²) < 4.78 is 5.84. The average molecular weight is 397 g/mol. The molecular weight excluding hydrogens is 364 g/mol. The Hall–Kier alpha value is -2.11. The molecule has 0 saturated carbocycles. The van der Waals surface area contributed by atoms with Gasteiger partial charge in [-0.2, -0.15) is 0 Å². The fraction of sp³-hybridized carbons (Fsp3) is 0.542. The van der Waals surface area contributed by atoms with Gasteiger partial charge in [0.1, 0.15) is 5.76 Å². The third-order valence-corrected chi connectivity index (χ3v) is 6.39. The van der Waals surface area contributed by atoms with Crippen LogP contribution in [0.5, 0.6) is 0 Å². The molecule has 1 aromatic heterocycles. The maximum Gasteiger partial charge on any atom is 0.289 e. The van der Waals surface area contributed by atoms with Gasteiger partial charge in [-0.15, -0.1) is 0 Å². The highest BCUT2D eigenvalue weighted by Crippen LogP contribution is 2.25. The van der Waals surface area contributed by atoms with Gasteiger partial charge in [-0.3, -0.25) is 9.69 Å². The maximum atomic E-state index is 12.8. The SMILES string of the molecule is O=C(c1ccc(CN2CCCC2)o1)N1CCC([C@@H](O)CCc2ccccc2)CC1. The van der Waals surface area contributed by atoms with Crippen LogP contribution in [-0.2, 0) is 13.0 Å². The summed E-state index contributed by atoms with van der Waals surface area (Å²) in [6.07, 6.45) is 5.57. The van der Waals surface area contributed by atoms with Crippen LogP contribution in [0.2, 0.25) is 0 Å². The average Bonchev–Trinajstić information content (AvgIpc) is 3.45. The van der Waals surface area contributed by atoms with Gasteiger partial charge >= 0.3 is 0 Å². The molecule has 1 N–H and O–H groups in total. The molecule has 1 aromatic carbocycles. The number of rotatable bonds is 7. The molecule has 2 aromatic rings. The molecule has 1 atom stereocenters. The van der Waals surface area contributed by atoms with Gasteiger partial charge in [-0.05, 0) is 75.2 Å². The number of nitrogens with zero attached hydrogens (tertiary/aromatic N) is 2. The van der Waals surface area contributed by atoms with Crippen LogP contribution in [-0.4, -0.2) is 53.1 Å². The molecule has 2 aliphatic rings. The van der Waals surface area contributed by atoms with E-state index >= 15 is 0 Å². The summed E-state index contributed by atoms with van der Waals surface area (Å²) in [6.45, 7) is 4.40. The summed E-state index contributed by atoms with van der Waals surface area (Å²) in [5.74, 6) is 1.57. The number of likely N-dealkylation sites (tertiary alicyclic amines) is 2. The van der Waals surface area contributed by atoms with Crippen LogP contribution in [0, 0.1) is 5.92 Å². The number of hydrogen-bond donors (Lipinski definition) is 1. The van der Waals surface area contributed by atoms with Gasteiger partial charge in [0.25, 0.3) is 5.91 Å². The fourth-order valence-corrected chi connectivity index (χ4v) is 4.58. The molecule has 0 bridgehead atoms. The molecule has 29 heavy (non-hydrogen) atoms. The second-order valence-electron chi connectivity index (χ2n) is 8.47. The zero-order valence-electron chi connectivity index (χ0n) is 17.1. The maximum absolute atomic E-state index is 12.8. The lowest BCUT2D eigenvalue weighted by molar-refractivity contribution is 0.0417. The van der Waals surface area contributed by atoms with Crippen LogP contribution in [0.15, 0.2) is 46.9 Å². The minimum atomic E-state index is -0.303. The quantitative estimate of drug-likeness (QED) is 0.775. The molecule has 3 heterocycles. The highest BCUT2D eigenvalue weighted by molar-refractivity contribution is 5.91. The predicted octanol–water partition coefficient (Wildman–Crippen LogP) is 3.72. The molecule has 1 amide bonds. The van der Waals surface area contributed by atoms with Crippen LogP contribution < -0.4 is 0 Å². The van der Waals surface area contributed by atoms with Crippen molar-refractivity contribution in [2.24, 2.45) is 5.92 Å². The Morgan fingerprint density at radius 2 is 1.76 bits per heavy atom. The molecule has 2 fully saturated rings. The Labute approximate surface area is 173 Å². The van der Waals surface area contributed by atoms with E-state index in [1.165, 1.54) is 18.4 Å². The number of amides is 1. The van der Waals surface area contributed by atoms with Crippen LogP contribution >= 0.6 is 0 Å². The predicted molar refractivity (Wildman–Crippen MR) is 113 cm³/mol. The van der Waals surface area contributed by atoms with Gasteiger partial charge in [-0.25, -0.2) is 0 Å². The summed E-state index contributed by atoms with van der Waals surface area (Å²) in [7, 11) is 0. The highest BCUT2D eigenvalue weighted by Gasteiger charge is 2.29. The third kappa shape index (κ3) is 5.28. The monoisotopic (exact) mass is 396 g/mol. The van der Waals surface area contributed by atoms with Crippen molar-refractivity contribution in [3.05, 3.63) is 59.5 Å². The van der Waals surface area contributed by atoms with E-state index < -0.39 is 0 Å². The zero-order chi connectivity index (χ0) is 20.1. The fourth-order valence-electron chi connectivity index (χ4n) is 4.58. The van der Waals surface area contributed by atoms with Crippen LogP contribution in [0.1, 0.15) is 54.0 Å². The Kier molecular flexibility index (Phi) is 6.67. The molecule has 2 aliphatic heterocycles. The van der Waals surface area contributed by atoms with Gasteiger partial charge in [-0.1, -0.05) is 30.3 Å². The summed E-state index contributed by atoms with van der Waals surface area (Å²) in [5, 5.41) is 10.6. The number of furan rings is 1. The van der Waals surface area contributed by atoms with E-state index in [0.29, 0.717) is 18.8 Å². The summed E-state index contributed by atoms with van der Waals surface area (Å²) in [4.78, 5) is 17.0. The number of aliphatic hydroxyl groups excluding tert-OH is 1. The number of aliphatic hydroxyl groups is 1. The lowest BCUT2D eigenvalue weighted by atomic mass is 9.88. The van der Waals surface area contributed by atoms with Crippen LogP contribution in [0.4, 0.5) is 0 Å². The Morgan fingerprint density at radius 1 is 1.03 bits per heavy atom. The second-order valence-corrected chi connectivity index (χ2v) is 8.47. The van der Waals surface area contributed by atoms with E-state index in [9.17, 15) is 9.90 Å². The molecule has 0 aliphatic carbocycles. The van der Waals surface area contributed by atoms with Crippen molar-refractivity contribution in [3.8, 4) is 0 Å². The first-order valence-corrected chi connectivity index (χ1v) is 11.0. The summed E-state index contributed by atoms with van der Waals surface area (Å²) in [6, 6.07) is 14.1. The molecule has 4 rings (SSSR count). The van der Waals surface area contributed by atoms with E-state index in [0.717, 1.165) is 51.1 Å². The number of carbonyl (C=O) groups excluding carboxylic acids is 1. The number of carbonyl (C=O) groups is 1. The standard InChI is InChI=1S/C24H32N2O3/c27-22(10-8-19-6-2-1-3-7-19)20-12-16-26(17-13-20)24(28)23-11-9-21(29-23)18-25-14-4-5-15-25/h1-3,6-7,9,11,20,22,27H,4-5,8,10,12-18H2/t22-/m0/s1. The van der Waals surface area contributed by atoms with Crippen molar-refractivity contribution < 1.29 is 14.3 Å². The van der Waals surface area contributed by atoms with Gasteiger partial charge in [0.2, 0.25) is 0 Å². The van der Waals surface area contributed by atoms with Crippen molar-refractivity contribution in [3.63, 3.8) is 0 Å². The molecule has 5 heteroatoms. The summed E-state index contributed by atoms with van der Waals surface area (Å²) in [5.41, 5.74) is 1.27. The van der Waals surface area contributed by atoms with Crippen molar-refractivity contribution in [2.75, 3.05) is 26.2 Å². The first-order chi connectivity index (χ1) is 14.2. The Balaban J connectivity index is 1.23. The number of benzene rings is 1. The molecule has 0 spiro atoms. The number of aryl methyl sites for hydroxylation is 1. The molecule has 5 nitrogen and oxygen atoms in total. The smallest absolute Gasteiger partial charge is 0.289 e. The largest absolute Gasteiger partial charge is 0.455 e. The number of hydrogen-bond acceptors (Lipinski definition) is 4. The number of piperidine rings is 1. The van der Waals surface area contributed by atoms with E-state index in [1.807, 2.05) is 35.2 Å². The summed E-state index contributed by atoms with van der Waals surface area (Å²) >= 11 is 0. The van der Waals surface area contributed by atoms with Gasteiger partial charge in [0.05, 0.1) is 12.6 Å². The van der Waals surface area contributed by atoms with Crippen LogP contribution in [0.25, 0.3) is 0 Å². The van der Waals surface area contributed by atoms with Crippen molar-refractivity contribution in [1.29, 1.82) is 0 Å². The van der Waals surface area contributed by atoms with Crippen molar-refractivity contribution >= 4 is 5.91 Å². The first-order valence-electron chi connectivity index (χ1n) is 11.0. The van der Waals surface area contributed by atoms with E-state index in [-0.39, 0.29) is 17.9 Å². The topological polar surface area (TPSA) is 56.9 Å². The van der Waals surface area contributed by atoms with Crippen LogP contribution in [0.3, 0.4) is 0 Å².